The van der Waals surface area contributed by atoms with Crippen LogP contribution in [0.15, 0.2) is 36.4 Å². The molecule has 4 rings (SSSR count). The Hall–Kier alpha value is -2.09. The number of fused-ring (bicyclic) bond motifs is 2. The van der Waals surface area contributed by atoms with Crippen molar-refractivity contribution in [3.8, 4) is 23.2 Å². The molecule has 2 bridgehead atoms. The largest absolute Gasteiger partial charge is 0.474 e. The number of hydrogen-bond acceptors (Lipinski definition) is 4. The topological polar surface area (TPSA) is 57.9 Å². The van der Waals surface area contributed by atoms with E-state index in [4.69, 9.17) is 16.3 Å². The van der Waals surface area contributed by atoms with Crippen molar-refractivity contribution in [3.63, 3.8) is 0 Å². The van der Waals surface area contributed by atoms with E-state index in [0.29, 0.717) is 34.2 Å². The lowest BCUT2D eigenvalue weighted by atomic mass is 10.0. The van der Waals surface area contributed by atoms with E-state index in [0.717, 1.165) is 18.4 Å². The standard InChI is InChI=1S/C19H18ClN3O/c20-13-7-18(17-4-2-1-3-12(17)11-21)23-19(8-13)24-16-9-14-5-6-15(10-16)22-14/h1-4,7-8,14-16,22H,5-6,9-10H2/t14-,15+,16?. The second kappa shape index (κ2) is 6.43. The average molecular weight is 340 g/mol. The summed E-state index contributed by atoms with van der Waals surface area (Å²) in [6.45, 7) is 0. The molecule has 2 saturated heterocycles. The lowest BCUT2D eigenvalue weighted by Gasteiger charge is -2.29. The van der Waals surface area contributed by atoms with Gasteiger partial charge in [0, 0.05) is 28.7 Å². The van der Waals surface area contributed by atoms with Crippen molar-refractivity contribution < 1.29 is 4.74 Å². The molecule has 2 aliphatic heterocycles. The van der Waals surface area contributed by atoms with Crippen LogP contribution in [0.4, 0.5) is 0 Å². The van der Waals surface area contributed by atoms with Crippen molar-refractivity contribution >= 4 is 11.6 Å². The molecule has 3 heterocycles. The van der Waals surface area contributed by atoms with Crippen molar-refractivity contribution in [3.05, 3.63) is 47.0 Å². The van der Waals surface area contributed by atoms with Gasteiger partial charge in [0.1, 0.15) is 6.10 Å². The summed E-state index contributed by atoms with van der Waals surface area (Å²) >= 11 is 6.27. The van der Waals surface area contributed by atoms with E-state index in [2.05, 4.69) is 16.4 Å². The molecule has 1 unspecified atom stereocenters. The highest BCUT2D eigenvalue weighted by molar-refractivity contribution is 6.30. The van der Waals surface area contributed by atoms with Crippen LogP contribution in [0, 0.1) is 11.3 Å². The second-order valence-electron chi connectivity index (χ2n) is 6.52. The van der Waals surface area contributed by atoms with E-state index < -0.39 is 0 Å². The maximum atomic E-state index is 9.30. The zero-order chi connectivity index (χ0) is 16.5. The number of ether oxygens (including phenoxy) is 1. The Morgan fingerprint density at radius 1 is 1.17 bits per heavy atom. The summed E-state index contributed by atoms with van der Waals surface area (Å²) in [5.74, 6) is 0.538. The third-order valence-corrected chi connectivity index (χ3v) is 5.03. The first kappa shape index (κ1) is 15.4. The molecule has 1 aromatic carbocycles. The number of aromatic nitrogens is 1. The molecule has 4 nitrogen and oxygen atoms in total. The van der Waals surface area contributed by atoms with Gasteiger partial charge in [-0.15, -0.1) is 0 Å². The molecule has 2 aromatic rings. The van der Waals surface area contributed by atoms with Gasteiger partial charge in [0.05, 0.1) is 17.3 Å². The number of piperidine rings is 1. The van der Waals surface area contributed by atoms with E-state index >= 15 is 0 Å². The predicted octanol–water partition coefficient (Wildman–Crippen LogP) is 3.94. The van der Waals surface area contributed by atoms with E-state index in [-0.39, 0.29) is 6.10 Å². The maximum Gasteiger partial charge on any atom is 0.215 e. The first-order valence-corrected chi connectivity index (χ1v) is 8.69. The normalized spacial score (nSPS) is 25.2. The van der Waals surface area contributed by atoms with Crippen LogP contribution in [-0.4, -0.2) is 23.2 Å². The Kier molecular flexibility index (Phi) is 4.13. The summed E-state index contributed by atoms with van der Waals surface area (Å²) in [5, 5.41) is 13.5. The molecule has 0 radical (unpaired) electrons. The highest BCUT2D eigenvalue weighted by Gasteiger charge is 2.34. The fourth-order valence-electron chi connectivity index (χ4n) is 3.75. The monoisotopic (exact) mass is 339 g/mol. The van der Waals surface area contributed by atoms with Crippen LogP contribution in [-0.2, 0) is 0 Å². The highest BCUT2D eigenvalue weighted by Crippen LogP contribution is 2.31. The van der Waals surface area contributed by atoms with Crippen LogP contribution in [0.2, 0.25) is 5.02 Å². The molecule has 0 spiro atoms. The number of rotatable bonds is 3. The van der Waals surface area contributed by atoms with E-state index in [1.165, 1.54) is 12.8 Å². The molecule has 0 saturated carbocycles. The Bertz CT molecular complexity index is 789. The molecule has 3 atom stereocenters. The number of nitrogens with one attached hydrogen (secondary N) is 1. The third kappa shape index (κ3) is 3.10. The molecular weight excluding hydrogens is 322 g/mol. The maximum absolute atomic E-state index is 9.30. The van der Waals surface area contributed by atoms with Gasteiger partial charge in [0.25, 0.3) is 0 Å². The average Bonchev–Trinajstić information content (AvgIpc) is 2.93. The zero-order valence-electron chi connectivity index (χ0n) is 13.2. The van der Waals surface area contributed by atoms with Crippen LogP contribution in [0.5, 0.6) is 5.88 Å². The third-order valence-electron chi connectivity index (χ3n) is 4.81. The van der Waals surface area contributed by atoms with Crippen molar-refractivity contribution in [2.75, 3.05) is 0 Å². The Labute approximate surface area is 146 Å². The van der Waals surface area contributed by atoms with Gasteiger partial charge >= 0.3 is 0 Å². The van der Waals surface area contributed by atoms with Gasteiger partial charge in [-0.1, -0.05) is 29.8 Å². The molecule has 122 valence electrons. The first-order valence-electron chi connectivity index (χ1n) is 8.31. The fraction of sp³-hybridized carbons (Fsp3) is 0.368. The molecule has 2 aliphatic rings. The van der Waals surface area contributed by atoms with Crippen LogP contribution in [0.1, 0.15) is 31.2 Å². The van der Waals surface area contributed by atoms with Crippen molar-refractivity contribution in [2.24, 2.45) is 0 Å². The molecule has 1 aromatic heterocycles. The van der Waals surface area contributed by atoms with Crippen LogP contribution >= 0.6 is 11.6 Å². The Morgan fingerprint density at radius 2 is 1.92 bits per heavy atom. The van der Waals surface area contributed by atoms with Gasteiger partial charge in [0.15, 0.2) is 0 Å². The first-order chi connectivity index (χ1) is 11.7. The SMILES string of the molecule is N#Cc1ccccc1-c1cc(Cl)cc(OC2C[C@H]3CC[C@@H](C2)N3)n1. The Morgan fingerprint density at radius 3 is 2.67 bits per heavy atom. The second-order valence-corrected chi connectivity index (χ2v) is 6.95. The molecule has 2 fully saturated rings. The van der Waals surface area contributed by atoms with Gasteiger partial charge < -0.3 is 10.1 Å². The summed E-state index contributed by atoms with van der Waals surface area (Å²) in [7, 11) is 0. The minimum absolute atomic E-state index is 0.175. The van der Waals surface area contributed by atoms with Crippen molar-refractivity contribution in [1.29, 1.82) is 5.26 Å². The van der Waals surface area contributed by atoms with Gasteiger partial charge in [-0.2, -0.15) is 5.26 Å². The smallest absolute Gasteiger partial charge is 0.215 e. The van der Waals surface area contributed by atoms with Crippen LogP contribution in [0.25, 0.3) is 11.3 Å². The molecule has 24 heavy (non-hydrogen) atoms. The van der Waals surface area contributed by atoms with Crippen LogP contribution < -0.4 is 10.1 Å². The summed E-state index contributed by atoms with van der Waals surface area (Å²) in [6, 6.07) is 14.3. The lowest BCUT2D eigenvalue weighted by Crippen LogP contribution is -2.42. The lowest BCUT2D eigenvalue weighted by molar-refractivity contribution is 0.132. The van der Waals surface area contributed by atoms with Crippen LogP contribution in [0.3, 0.4) is 0 Å². The number of hydrogen-bond donors (Lipinski definition) is 1. The quantitative estimate of drug-likeness (QED) is 0.920. The van der Waals surface area contributed by atoms with Crippen molar-refractivity contribution in [1.82, 2.24) is 10.3 Å². The number of nitriles is 1. The fourth-order valence-corrected chi connectivity index (χ4v) is 3.94. The molecular formula is C19H18ClN3O. The Balaban J connectivity index is 1.61. The van der Waals surface area contributed by atoms with Gasteiger partial charge in [-0.05, 0) is 37.8 Å². The summed E-state index contributed by atoms with van der Waals surface area (Å²) < 4.78 is 6.13. The van der Waals surface area contributed by atoms with Gasteiger partial charge in [0.2, 0.25) is 5.88 Å². The van der Waals surface area contributed by atoms with E-state index in [1.54, 1.807) is 18.2 Å². The van der Waals surface area contributed by atoms with Crippen molar-refractivity contribution in [2.45, 2.75) is 43.9 Å². The minimum Gasteiger partial charge on any atom is -0.474 e. The van der Waals surface area contributed by atoms with E-state index in [9.17, 15) is 5.26 Å². The number of pyridine rings is 1. The molecule has 1 N–H and O–H groups in total. The molecule has 0 amide bonds. The summed E-state index contributed by atoms with van der Waals surface area (Å²) in [5.41, 5.74) is 2.03. The van der Waals surface area contributed by atoms with Gasteiger partial charge in [-0.25, -0.2) is 4.98 Å². The highest BCUT2D eigenvalue weighted by atomic mass is 35.5. The number of nitrogens with zero attached hydrogens (tertiary/aromatic N) is 2. The summed E-state index contributed by atoms with van der Waals surface area (Å²) in [6.07, 6.45) is 4.65. The molecule has 5 heteroatoms. The summed E-state index contributed by atoms with van der Waals surface area (Å²) in [4.78, 5) is 4.60. The van der Waals surface area contributed by atoms with Gasteiger partial charge in [-0.3, -0.25) is 0 Å². The minimum atomic E-state index is 0.175. The number of benzene rings is 1. The van der Waals surface area contributed by atoms with E-state index in [1.807, 2.05) is 18.2 Å². The number of halogens is 1. The zero-order valence-corrected chi connectivity index (χ0v) is 14.0. The predicted molar refractivity (Wildman–Crippen MR) is 93.0 cm³/mol. The molecule has 0 aliphatic carbocycles.